The van der Waals surface area contributed by atoms with Crippen molar-refractivity contribution in [2.24, 2.45) is 0 Å². The molecule has 0 N–H and O–H groups in total. The third-order valence-corrected chi connectivity index (χ3v) is 11.6. The number of hydrogen-bond acceptors (Lipinski definition) is 5. The van der Waals surface area contributed by atoms with E-state index in [1.54, 1.807) is 12.1 Å². The Bertz CT molecular complexity index is 4650. The van der Waals surface area contributed by atoms with Crippen molar-refractivity contribution in [3.8, 4) is 78.7 Å². The molecule has 12 aromatic rings. The number of para-hydroxylation sites is 1. The zero-order valence-corrected chi connectivity index (χ0v) is 32.8. The number of rotatable bonds is 7. The van der Waals surface area contributed by atoms with Crippen molar-refractivity contribution in [2.45, 2.75) is 0 Å². The van der Waals surface area contributed by atoms with Gasteiger partial charge in [0.15, 0.2) is 17.5 Å². The fourth-order valence-electron chi connectivity index (χ4n) is 7.51. The highest BCUT2D eigenvalue weighted by Gasteiger charge is 2.20. The summed E-state index contributed by atoms with van der Waals surface area (Å²) in [5.74, 6) is -0.830. The van der Waals surface area contributed by atoms with Crippen LogP contribution in [0.2, 0.25) is 0 Å². The third-order valence-electron chi connectivity index (χ3n) is 10.5. The highest BCUT2D eigenvalue weighted by molar-refractivity contribution is 7.26. The molecule has 3 heterocycles. The largest absolute Gasteiger partial charge is 0.456 e. The first-order chi connectivity index (χ1) is 38.2. The molecule has 62 heavy (non-hydrogen) atoms. The molecule has 0 radical (unpaired) electrons. The molecule has 0 unspecified atom stereocenters. The van der Waals surface area contributed by atoms with E-state index < -0.39 is 120 Å². The lowest BCUT2D eigenvalue weighted by Gasteiger charge is -2.11. The average Bonchev–Trinajstić information content (AvgIpc) is 4.23. The molecule has 0 amide bonds. The van der Waals surface area contributed by atoms with Gasteiger partial charge in [0.25, 0.3) is 0 Å². The molecule has 0 saturated carbocycles. The number of fused-ring (bicyclic) bond motifs is 6. The van der Waals surface area contributed by atoms with Gasteiger partial charge in [-0.05, 0) is 80.8 Å². The molecule has 0 atom stereocenters. The van der Waals surface area contributed by atoms with Crippen LogP contribution in [0.1, 0.15) is 24.7 Å². The molecular weight excluding hydrogens is 775 g/mol. The minimum Gasteiger partial charge on any atom is -0.456 e. The molecular formula is C57H35N3OS. The van der Waals surface area contributed by atoms with Gasteiger partial charge >= 0.3 is 0 Å². The molecule has 0 aliphatic heterocycles. The first-order valence-electron chi connectivity index (χ1n) is 28.3. The molecule has 9 aromatic carbocycles. The van der Waals surface area contributed by atoms with Crippen LogP contribution >= 0.6 is 11.3 Å². The zero-order valence-electron chi connectivity index (χ0n) is 50.0. The van der Waals surface area contributed by atoms with Gasteiger partial charge in [-0.25, -0.2) is 15.0 Å². The highest BCUT2D eigenvalue weighted by atomic mass is 32.1. The van der Waals surface area contributed by atoms with Crippen molar-refractivity contribution in [2.75, 3.05) is 0 Å². The standard InChI is InChI=1S/C57H35N3OS/c1-3-12-36(13-4-1)38-24-26-39(27-25-38)42-16-9-17-43(34-42)40-28-30-41(31-29-40)55-58-56(47-20-11-23-51-53(47)46-18-7-8-22-50(46)61-51)60-57(59-55)48-21-10-19-45-49-35-44(37-14-5-2-6-15-37)32-33-52(49)62-54(45)48/h1-35H/i2D,5D,6D,7D,8D,10D,11D,14D,15D,18D,19D,20D,21D,22D,23D,32D,33D,35D. The normalized spacial score (nSPS) is 15.6. The van der Waals surface area contributed by atoms with Gasteiger partial charge in [0.2, 0.25) is 0 Å². The molecule has 0 bridgehead atoms. The molecule has 0 saturated heterocycles. The van der Waals surface area contributed by atoms with E-state index in [-0.39, 0.29) is 70.7 Å². The predicted octanol–water partition coefficient (Wildman–Crippen LogP) is 15.8. The number of nitrogens with zero attached hydrogens (tertiary/aromatic N) is 3. The van der Waals surface area contributed by atoms with Crippen LogP contribution in [0.5, 0.6) is 0 Å². The Balaban J connectivity index is 1.10. The van der Waals surface area contributed by atoms with Crippen molar-refractivity contribution in [1.82, 2.24) is 15.0 Å². The molecule has 0 spiro atoms. The molecule has 0 aliphatic rings. The first-order valence-corrected chi connectivity index (χ1v) is 20.1. The lowest BCUT2D eigenvalue weighted by Crippen LogP contribution is -2.00. The van der Waals surface area contributed by atoms with Crippen LogP contribution in [-0.4, -0.2) is 15.0 Å². The van der Waals surface area contributed by atoms with Crippen molar-refractivity contribution >= 4 is 53.4 Å². The summed E-state index contributed by atoms with van der Waals surface area (Å²) in [4.78, 5) is 14.5. The van der Waals surface area contributed by atoms with Gasteiger partial charge in [0.1, 0.15) is 11.2 Å². The molecule has 4 nitrogen and oxygen atoms in total. The summed E-state index contributed by atoms with van der Waals surface area (Å²) in [6.07, 6.45) is 0. The Hall–Kier alpha value is -7.99. The van der Waals surface area contributed by atoms with Crippen LogP contribution in [0.3, 0.4) is 0 Å². The van der Waals surface area contributed by atoms with Crippen LogP contribution in [0.4, 0.5) is 0 Å². The smallest absolute Gasteiger partial charge is 0.165 e. The first kappa shape index (κ1) is 22.0. The summed E-state index contributed by atoms with van der Waals surface area (Å²) in [7, 11) is 0. The number of benzene rings is 9. The summed E-state index contributed by atoms with van der Waals surface area (Å²) in [5.41, 5.74) is 3.89. The lowest BCUT2D eigenvalue weighted by molar-refractivity contribution is 0.669. The Morgan fingerprint density at radius 3 is 1.74 bits per heavy atom. The minimum atomic E-state index is -0.740. The lowest BCUT2D eigenvalue weighted by atomic mass is 9.97. The molecule has 0 fully saturated rings. The van der Waals surface area contributed by atoms with Gasteiger partial charge in [-0.2, -0.15) is 0 Å². The summed E-state index contributed by atoms with van der Waals surface area (Å²) in [5, 5.41) is -0.752. The van der Waals surface area contributed by atoms with Crippen molar-refractivity contribution in [3.05, 3.63) is 212 Å². The zero-order chi connectivity index (χ0) is 56.7. The molecule has 5 heteroatoms. The van der Waals surface area contributed by atoms with E-state index in [0.29, 0.717) is 5.56 Å². The topological polar surface area (TPSA) is 51.8 Å². The maximum absolute atomic E-state index is 9.53. The van der Waals surface area contributed by atoms with E-state index >= 15 is 0 Å². The van der Waals surface area contributed by atoms with E-state index in [0.717, 1.165) is 44.7 Å². The van der Waals surface area contributed by atoms with E-state index in [2.05, 4.69) is 24.3 Å². The van der Waals surface area contributed by atoms with Gasteiger partial charge in [-0.1, -0.05) is 176 Å². The maximum atomic E-state index is 9.53. The third kappa shape index (κ3) is 6.35. The SMILES string of the molecule is [2H]c1c([2H])c([2H])c(-c2c([2H])c([2H])c3sc4c(-c5nc(-c6ccc(-c7cccc(-c8ccc(-c9ccccc9)cc8)c7)cc6)nc(-c6c([2H])c([2H])c([2H])c7oc8c([2H])c([2H])c([2H])c([2H])c8c67)n5)c([2H])c([2H])c([2H])c4c3c2[2H])c([2H])c1[2H]. The predicted molar refractivity (Wildman–Crippen MR) is 258 cm³/mol. The fraction of sp³-hybridized carbons (Fsp3) is 0. The van der Waals surface area contributed by atoms with E-state index in [4.69, 9.17) is 35.8 Å². The highest BCUT2D eigenvalue weighted by Crippen LogP contribution is 2.42. The van der Waals surface area contributed by atoms with Gasteiger partial charge < -0.3 is 4.42 Å². The van der Waals surface area contributed by atoms with Crippen molar-refractivity contribution < 1.29 is 29.1 Å². The van der Waals surface area contributed by atoms with Gasteiger partial charge in [-0.3, -0.25) is 0 Å². The Morgan fingerprint density at radius 1 is 0.387 bits per heavy atom. The van der Waals surface area contributed by atoms with Gasteiger partial charge in [-0.15, -0.1) is 11.3 Å². The Kier molecular flexibility index (Phi) is 5.30. The molecule has 3 aromatic heterocycles. The average molecular weight is 828 g/mol. The second-order valence-corrected chi connectivity index (χ2v) is 15.2. The van der Waals surface area contributed by atoms with Crippen LogP contribution in [0.15, 0.2) is 216 Å². The van der Waals surface area contributed by atoms with Crippen molar-refractivity contribution in [3.63, 3.8) is 0 Å². The molecule has 12 rings (SSSR count). The van der Waals surface area contributed by atoms with E-state index in [1.165, 1.54) is 0 Å². The van der Waals surface area contributed by atoms with Crippen LogP contribution in [0.25, 0.3) is 121 Å². The second-order valence-electron chi connectivity index (χ2n) is 14.2. The van der Waals surface area contributed by atoms with Crippen LogP contribution in [0, 0.1) is 0 Å². The summed E-state index contributed by atoms with van der Waals surface area (Å²) < 4.78 is 166. The number of hydrogen-bond donors (Lipinski definition) is 0. The Morgan fingerprint density at radius 2 is 0.968 bits per heavy atom. The van der Waals surface area contributed by atoms with Gasteiger partial charge in [0.05, 0.1) is 24.7 Å². The van der Waals surface area contributed by atoms with Crippen LogP contribution in [-0.2, 0) is 0 Å². The number of furan rings is 1. The quantitative estimate of drug-likeness (QED) is 0.161. The van der Waals surface area contributed by atoms with Crippen molar-refractivity contribution in [1.29, 1.82) is 0 Å². The van der Waals surface area contributed by atoms with Gasteiger partial charge in [0, 0.05) is 47.6 Å². The van der Waals surface area contributed by atoms with E-state index in [1.807, 2.05) is 66.7 Å². The van der Waals surface area contributed by atoms with Crippen LogP contribution < -0.4 is 0 Å². The van der Waals surface area contributed by atoms with E-state index in [9.17, 15) is 8.22 Å². The summed E-state index contributed by atoms with van der Waals surface area (Å²) >= 11 is 0.778. The number of thiophene rings is 1. The summed E-state index contributed by atoms with van der Waals surface area (Å²) in [6, 6.07) is 21.7. The monoisotopic (exact) mass is 827 g/mol. The Labute approximate surface area is 387 Å². The number of aromatic nitrogens is 3. The second kappa shape index (κ2) is 14.9. The fourth-order valence-corrected chi connectivity index (χ4v) is 8.57. The molecule has 0 aliphatic carbocycles. The summed E-state index contributed by atoms with van der Waals surface area (Å²) in [6.45, 7) is 0. The minimum absolute atomic E-state index is 0.0135. The maximum Gasteiger partial charge on any atom is 0.165 e. The molecule has 290 valence electrons.